The zero-order valence-electron chi connectivity index (χ0n) is 17.6. The van der Waals surface area contributed by atoms with Crippen molar-refractivity contribution in [2.75, 3.05) is 0 Å². The molecule has 32 heavy (non-hydrogen) atoms. The summed E-state index contributed by atoms with van der Waals surface area (Å²) in [7, 11) is 0. The number of carbonyl (C=O) groups is 1. The summed E-state index contributed by atoms with van der Waals surface area (Å²) in [6, 6.07) is 17.7. The Morgan fingerprint density at radius 1 is 1.16 bits per heavy atom. The molecule has 0 aliphatic heterocycles. The molecule has 0 unspecified atom stereocenters. The minimum atomic E-state index is -0.298. The molecule has 2 aromatic carbocycles. The molecule has 0 aliphatic carbocycles. The van der Waals surface area contributed by atoms with Crippen molar-refractivity contribution in [3.05, 3.63) is 81.5 Å². The lowest BCUT2D eigenvalue weighted by Gasteiger charge is -2.06. The number of thiophene rings is 1. The minimum absolute atomic E-state index is 0.298. The van der Waals surface area contributed by atoms with Crippen LogP contribution in [0, 0.1) is 26.2 Å². The van der Waals surface area contributed by atoms with Gasteiger partial charge in [-0.15, -0.1) is 17.8 Å². The van der Waals surface area contributed by atoms with E-state index in [0.717, 1.165) is 42.8 Å². The van der Waals surface area contributed by atoms with Crippen molar-refractivity contribution in [3.8, 4) is 22.9 Å². The van der Waals surface area contributed by atoms with Crippen molar-refractivity contribution in [1.29, 1.82) is 0 Å². The van der Waals surface area contributed by atoms with Gasteiger partial charge in [0.2, 0.25) is 0 Å². The average molecular weight is 454 g/mol. The van der Waals surface area contributed by atoms with Crippen molar-refractivity contribution in [2.45, 2.75) is 20.4 Å². The Morgan fingerprint density at radius 3 is 2.78 bits per heavy atom. The van der Waals surface area contributed by atoms with Gasteiger partial charge in [-0.1, -0.05) is 47.6 Å². The van der Waals surface area contributed by atoms with Crippen molar-refractivity contribution in [3.63, 3.8) is 0 Å². The van der Waals surface area contributed by atoms with Crippen LogP contribution in [0.2, 0.25) is 0 Å². The van der Waals surface area contributed by atoms with Gasteiger partial charge < -0.3 is 4.57 Å². The Kier molecular flexibility index (Phi) is 5.22. The topological polar surface area (TPSA) is 47.2 Å². The first-order valence-electron chi connectivity index (χ1n) is 10.1. The van der Waals surface area contributed by atoms with Gasteiger partial charge in [-0.2, -0.15) is 4.99 Å². The quantitative estimate of drug-likeness (QED) is 0.316. The number of hydrogen-bond donors (Lipinski definition) is 0. The monoisotopic (exact) mass is 453 g/mol. The number of nitrogens with zero attached hydrogens (tertiary/aromatic N) is 3. The van der Waals surface area contributed by atoms with E-state index < -0.39 is 0 Å². The van der Waals surface area contributed by atoms with E-state index in [9.17, 15) is 4.79 Å². The van der Waals surface area contributed by atoms with Crippen LogP contribution in [-0.4, -0.2) is 15.5 Å². The van der Waals surface area contributed by atoms with Crippen molar-refractivity contribution in [1.82, 2.24) is 9.55 Å². The Labute approximate surface area is 193 Å². The molecule has 6 heteroatoms. The SMILES string of the molecule is C#CCn1c(=NC(=O)c2cc(-c3cccs3)nc3ccccc23)sc2c(C)cc(C)cc21. The summed E-state index contributed by atoms with van der Waals surface area (Å²) >= 11 is 3.09. The zero-order chi connectivity index (χ0) is 22.2. The first kappa shape index (κ1) is 20.4. The number of carbonyl (C=O) groups excluding carboxylic acids is 1. The van der Waals surface area contributed by atoms with E-state index in [4.69, 9.17) is 11.4 Å². The summed E-state index contributed by atoms with van der Waals surface area (Å²) in [6.07, 6.45) is 5.65. The van der Waals surface area contributed by atoms with Gasteiger partial charge in [0.05, 0.1) is 38.4 Å². The highest BCUT2D eigenvalue weighted by Crippen LogP contribution is 2.28. The molecule has 0 atom stereocenters. The maximum Gasteiger partial charge on any atom is 0.280 e. The van der Waals surface area contributed by atoms with E-state index in [1.165, 1.54) is 11.3 Å². The van der Waals surface area contributed by atoms with Crippen LogP contribution in [-0.2, 0) is 6.54 Å². The molecule has 156 valence electrons. The number of hydrogen-bond acceptors (Lipinski definition) is 4. The fourth-order valence-corrected chi connectivity index (χ4v) is 5.66. The molecule has 0 bridgehead atoms. The molecular formula is C26H19N3OS2. The van der Waals surface area contributed by atoms with Crippen LogP contribution in [0.1, 0.15) is 21.5 Å². The van der Waals surface area contributed by atoms with Crippen molar-refractivity contribution >= 4 is 49.7 Å². The molecule has 0 spiro atoms. The molecule has 4 nitrogen and oxygen atoms in total. The lowest BCUT2D eigenvalue weighted by Crippen LogP contribution is -2.16. The van der Waals surface area contributed by atoms with Crippen LogP contribution in [0.15, 0.2) is 65.0 Å². The number of aromatic nitrogens is 2. The van der Waals surface area contributed by atoms with Crippen LogP contribution in [0.3, 0.4) is 0 Å². The second-order valence-corrected chi connectivity index (χ2v) is 9.50. The summed E-state index contributed by atoms with van der Waals surface area (Å²) in [5.74, 6) is 2.40. The molecule has 0 saturated carbocycles. The van der Waals surface area contributed by atoms with Gasteiger partial charge in [0.15, 0.2) is 4.80 Å². The summed E-state index contributed by atoms with van der Waals surface area (Å²) in [4.78, 5) is 24.4. The van der Waals surface area contributed by atoms with E-state index in [-0.39, 0.29) is 5.91 Å². The fourth-order valence-electron chi connectivity index (χ4n) is 3.89. The van der Waals surface area contributed by atoms with E-state index in [1.54, 1.807) is 11.3 Å². The van der Waals surface area contributed by atoms with Gasteiger partial charge >= 0.3 is 0 Å². The van der Waals surface area contributed by atoms with Crippen LogP contribution in [0.4, 0.5) is 0 Å². The molecule has 3 heterocycles. The Hall–Kier alpha value is -3.53. The maximum atomic E-state index is 13.5. The van der Waals surface area contributed by atoms with Gasteiger partial charge in [-0.25, -0.2) is 4.98 Å². The Morgan fingerprint density at radius 2 is 2.00 bits per heavy atom. The van der Waals surface area contributed by atoms with Gasteiger partial charge in [0.1, 0.15) is 0 Å². The van der Waals surface area contributed by atoms with Crippen LogP contribution >= 0.6 is 22.7 Å². The average Bonchev–Trinajstić information content (AvgIpc) is 3.43. The maximum absolute atomic E-state index is 13.5. The van der Waals surface area contributed by atoms with E-state index in [0.29, 0.717) is 16.9 Å². The van der Waals surface area contributed by atoms with E-state index in [1.807, 2.05) is 52.4 Å². The predicted molar refractivity (Wildman–Crippen MR) is 133 cm³/mol. The molecule has 3 aromatic heterocycles. The number of pyridine rings is 1. The predicted octanol–water partition coefficient (Wildman–Crippen LogP) is 5.97. The first-order chi connectivity index (χ1) is 15.5. The molecule has 1 amide bonds. The normalized spacial score (nSPS) is 11.8. The number of benzene rings is 2. The van der Waals surface area contributed by atoms with Gasteiger partial charge in [0, 0.05) is 5.39 Å². The second kappa shape index (κ2) is 8.19. The summed E-state index contributed by atoms with van der Waals surface area (Å²) in [5.41, 5.74) is 5.40. The van der Waals surface area contributed by atoms with Crippen molar-refractivity contribution in [2.24, 2.45) is 4.99 Å². The molecule has 0 fully saturated rings. The lowest BCUT2D eigenvalue weighted by molar-refractivity contribution is 0.0999. The van der Waals surface area contributed by atoms with E-state index in [2.05, 4.69) is 36.9 Å². The Bertz CT molecular complexity index is 1600. The minimum Gasteiger partial charge on any atom is -0.305 e. The van der Waals surface area contributed by atoms with Crippen LogP contribution in [0.25, 0.3) is 31.7 Å². The zero-order valence-corrected chi connectivity index (χ0v) is 19.3. The highest BCUT2D eigenvalue weighted by atomic mass is 32.1. The van der Waals surface area contributed by atoms with Gasteiger partial charge in [-0.05, 0) is 54.6 Å². The number of amides is 1. The third-order valence-electron chi connectivity index (χ3n) is 5.28. The number of thiazole rings is 1. The highest BCUT2D eigenvalue weighted by molar-refractivity contribution is 7.16. The summed E-state index contributed by atoms with van der Waals surface area (Å²) in [6.45, 7) is 4.48. The van der Waals surface area contributed by atoms with Crippen LogP contribution in [0.5, 0.6) is 0 Å². The number of fused-ring (bicyclic) bond motifs is 2. The second-order valence-electron chi connectivity index (χ2n) is 7.57. The molecule has 5 rings (SSSR count). The smallest absolute Gasteiger partial charge is 0.280 e. The van der Waals surface area contributed by atoms with Gasteiger partial charge in [-0.3, -0.25) is 4.79 Å². The third-order valence-corrected chi connectivity index (χ3v) is 7.40. The summed E-state index contributed by atoms with van der Waals surface area (Å²) < 4.78 is 3.04. The first-order valence-corrected chi connectivity index (χ1v) is 11.8. The molecule has 0 saturated heterocycles. The number of rotatable bonds is 3. The molecular weight excluding hydrogens is 434 g/mol. The number of para-hydroxylation sites is 1. The fraction of sp³-hybridized carbons (Fsp3) is 0.115. The highest BCUT2D eigenvalue weighted by Gasteiger charge is 2.16. The third kappa shape index (κ3) is 3.56. The standard InChI is InChI=1S/C26H19N3OS2/c1-4-11-29-22-14-16(2)13-17(3)24(22)32-26(29)28-25(30)19-15-21(23-10-7-12-31-23)27-20-9-6-5-8-18(19)20/h1,5-10,12-15H,11H2,2-3H3. The molecule has 5 aromatic rings. The molecule has 0 aliphatic rings. The molecule has 0 N–H and O–H groups in total. The number of terminal acetylenes is 1. The van der Waals surface area contributed by atoms with Gasteiger partial charge in [0.25, 0.3) is 5.91 Å². The number of aryl methyl sites for hydroxylation is 2. The van der Waals surface area contributed by atoms with Crippen molar-refractivity contribution < 1.29 is 4.79 Å². The largest absolute Gasteiger partial charge is 0.305 e. The van der Waals surface area contributed by atoms with E-state index >= 15 is 0 Å². The Balaban J connectivity index is 1.74. The lowest BCUT2D eigenvalue weighted by atomic mass is 10.1. The van der Waals surface area contributed by atoms with Crippen LogP contribution < -0.4 is 4.80 Å². The molecule has 0 radical (unpaired) electrons. The summed E-state index contributed by atoms with van der Waals surface area (Å²) in [5, 5.41) is 2.79.